The Morgan fingerprint density at radius 2 is 1.70 bits per heavy atom. The summed E-state index contributed by atoms with van der Waals surface area (Å²) in [7, 11) is 0. The lowest BCUT2D eigenvalue weighted by Crippen LogP contribution is -2.23. The van der Waals surface area contributed by atoms with Crippen molar-refractivity contribution in [3.05, 3.63) is 59.7 Å². The van der Waals surface area contributed by atoms with E-state index in [-0.39, 0.29) is 5.91 Å². The van der Waals surface area contributed by atoms with Gasteiger partial charge in [-0.05, 0) is 23.8 Å². The molecule has 0 fully saturated rings. The summed E-state index contributed by atoms with van der Waals surface area (Å²) >= 11 is 0. The highest BCUT2D eigenvalue weighted by molar-refractivity contribution is 6.09. The number of rotatable bonds is 0. The molecule has 3 rings (SSSR count). The first kappa shape index (κ1) is 12.2. The van der Waals surface area contributed by atoms with Crippen LogP contribution in [0.25, 0.3) is 11.6 Å². The van der Waals surface area contributed by atoms with E-state index < -0.39 is 0 Å². The topological polar surface area (TPSA) is 44.1 Å². The maximum absolute atomic E-state index is 12.1. The van der Waals surface area contributed by atoms with Crippen LogP contribution in [0.5, 0.6) is 0 Å². The van der Waals surface area contributed by atoms with Gasteiger partial charge in [0.2, 0.25) is 5.91 Å². The van der Waals surface area contributed by atoms with E-state index in [4.69, 9.17) is 0 Å². The quantitative estimate of drug-likeness (QED) is 0.724. The molecule has 0 bridgehead atoms. The fourth-order valence-corrected chi connectivity index (χ4v) is 2.50. The molecule has 0 saturated carbocycles. The fraction of sp³-hybridized carbons (Fsp3) is 0.0588. The summed E-state index contributed by atoms with van der Waals surface area (Å²) < 4.78 is 0. The maximum atomic E-state index is 12.1. The number of amides is 1. The second-order valence-corrected chi connectivity index (χ2v) is 4.60. The maximum Gasteiger partial charge on any atom is 0.228 e. The lowest BCUT2D eigenvalue weighted by Gasteiger charge is -2.23. The molecule has 0 N–H and O–H groups in total. The Morgan fingerprint density at radius 1 is 1.05 bits per heavy atom. The van der Waals surface area contributed by atoms with Crippen molar-refractivity contribution < 1.29 is 4.79 Å². The number of anilines is 2. The van der Waals surface area contributed by atoms with Crippen LogP contribution in [0, 0.1) is 11.3 Å². The molecule has 1 amide bonds. The Bertz CT molecular complexity index is 769. The zero-order chi connectivity index (χ0) is 14.1. The number of nitrogens with zero attached hydrogens (tertiary/aromatic N) is 2. The number of carbonyl (C=O) groups excluding carboxylic acids is 1. The first-order valence-electron chi connectivity index (χ1n) is 6.33. The minimum absolute atomic E-state index is 0.0718. The SMILES string of the molecule is CC(=O)N1c2ccccc2C=C(C#N)c2ccccc21. The normalized spacial score (nSPS) is 12.6. The second-order valence-electron chi connectivity index (χ2n) is 4.60. The summed E-state index contributed by atoms with van der Waals surface area (Å²) in [6, 6.07) is 17.3. The van der Waals surface area contributed by atoms with Crippen molar-refractivity contribution in [1.29, 1.82) is 5.26 Å². The molecule has 0 saturated heterocycles. The van der Waals surface area contributed by atoms with Gasteiger partial charge in [0.15, 0.2) is 0 Å². The van der Waals surface area contributed by atoms with Gasteiger partial charge in [0.05, 0.1) is 23.0 Å². The Kier molecular flexibility index (Phi) is 2.85. The zero-order valence-electron chi connectivity index (χ0n) is 11.0. The predicted octanol–water partition coefficient (Wildman–Crippen LogP) is 3.75. The van der Waals surface area contributed by atoms with E-state index >= 15 is 0 Å². The number of benzene rings is 2. The van der Waals surface area contributed by atoms with E-state index in [1.54, 1.807) is 4.90 Å². The summed E-state index contributed by atoms with van der Waals surface area (Å²) in [5, 5.41) is 9.39. The van der Waals surface area contributed by atoms with Crippen molar-refractivity contribution in [2.75, 3.05) is 4.90 Å². The Balaban J connectivity index is 2.39. The predicted molar refractivity (Wildman–Crippen MR) is 79.2 cm³/mol. The van der Waals surface area contributed by atoms with Gasteiger partial charge in [0.1, 0.15) is 0 Å². The molecule has 1 aliphatic heterocycles. The highest BCUT2D eigenvalue weighted by atomic mass is 16.2. The van der Waals surface area contributed by atoms with E-state index in [0.29, 0.717) is 5.57 Å². The molecule has 0 aromatic heterocycles. The molecule has 0 radical (unpaired) electrons. The molecular weight excluding hydrogens is 248 g/mol. The summed E-state index contributed by atoms with van der Waals surface area (Å²) in [4.78, 5) is 13.8. The van der Waals surface area contributed by atoms with Gasteiger partial charge in [0.25, 0.3) is 0 Å². The third-order valence-corrected chi connectivity index (χ3v) is 3.35. The number of carbonyl (C=O) groups is 1. The average Bonchev–Trinajstić information content (AvgIpc) is 2.61. The molecule has 3 heteroatoms. The number of allylic oxidation sites excluding steroid dienone is 1. The minimum Gasteiger partial charge on any atom is -0.280 e. The molecule has 0 atom stereocenters. The number of hydrogen-bond donors (Lipinski definition) is 0. The van der Waals surface area contributed by atoms with Gasteiger partial charge in [-0.1, -0.05) is 36.4 Å². The van der Waals surface area contributed by atoms with Crippen LogP contribution in [0.4, 0.5) is 11.4 Å². The van der Waals surface area contributed by atoms with Crippen LogP contribution in [0.3, 0.4) is 0 Å². The number of fused-ring (bicyclic) bond motifs is 2. The highest BCUT2D eigenvalue weighted by Crippen LogP contribution is 2.39. The lowest BCUT2D eigenvalue weighted by molar-refractivity contribution is -0.115. The zero-order valence-corrected chi connectivity index (χ0v) is 11.0. The molecular formula is C17H12N2O. The fourth-order valence-electron chi connectivity index (χ4n) is 2.50. The summed E-state index contributed by atoms with van der Waals surface area (Å²) in [5.74, 6) is -0.0718. The molecule has 3 nitrogen and oxygen atoms in total. The van der Waals surface area contributed by atoms with E-state index in [0.717, 1.165) is 22.5 Å². The van der Waals surface area contributed by atoms with E-state index in [2.05, 4.69) is 6.07 Å². The third-order valence-electron chi connectivity index (χ3n) is 3.35. The van der Waals surface area contributed by atoms with Gasteiger partial charge >= 0.3 is 0 Å². The van der Waals surface area contributed by atoms with Crippen LogP contribution in [-0.2, 0) is 4.79 Å². The van der Waals surface area contributed by atoms with E-state index in [9.17, 15) is 10.1 Å². The van der Waals surface area contributed by atoms with Crippen LogP contribution in [0.15, 0.2) is 48.5 Å². The summed E-state index contributed by atoms with van der Waals surface area (Å²) in [6.07, 6.45) is 1.83. The molecule has 2 aromatic carbocycles. The van der Waals surface area contributed by atoms with Gasteiger partial charge < -0.3 is 0 Å². The first-order chi connectivity index (χ1) is 9.72. The molecule has 2 aromatic rings. The second kappa shape index (κ2) is 4.67. The van der Waals surface area contributed by atoms with Gasteiger partial charge in [-0.25, -0.2) is 0 Å². The molecule has 96 valence electrons. The number of nitriles is 1. The molecule has 1 heterocycles. The van der Waals surface area contributed by atoms with Crippen LogP contribution in [0.2, 0.25) is 0 Å². The standard InChI is InChI=1S/C17H12N2O/c1-12(20)19-16-8-4-2-6-13(16)10-14(11-18)15-7-3-5-9-17(15)19/h2-10H,1H3. The number of para-hydroxylation sites is 2. The molecule has 0 unspecified atom stereocenters. The average molecular weight is 260 g/mol. The van der Waals surface area contributed by atoms with Crippen molar-refractivity contribution in [2.24, 2.45) is 0 Å². The molecule has 0 aliphatic carbocycles. The van der Waals surface area contributed by atoms with Gasteiger partial charge in [0, 0.05) is 12.5 Å². The highest BCUT2D eigenvalue weighted by Gasteiger charge is 2.23. The van der Waals surface area contributed by atoms with Gasteiger partial charge in [-0.2, -0.15) is 5.26 Å². The van der Waals surface area contributed by atoms with E-state index in [1.807, 2.05) is 54.6 Å². The molecule has 0 spiro atoms. The van der Waals surface area contributed by atoms with Crippen LogP contribution >= 0.6 is 0 Å². The molecule has 1 aliphatic rings. The van der Waals surface area contributed by atoms with E-state index in [1.165, 1.54) is 6.92 Å². The van der Waals surface area contributed by atoms with Crippen LogP contribution in [-0.4, -0.2) is 5.91 Å². The van der Waals surface area contributed by atoms with Crippen molar-refractivity contribution in [2.45, 2.75) is 6.92 Å². The lowest BCUT2D eigenvalue weighted by atomic mass is 10.0. The first-order valence-corrected chi connectivity index (χ1v) is 6.33. The minimum atomic E-state index is -0.0718. The van der Waals surface area contributed by atoms with Crippen LogP contribution in [0.1, 0.15) is 18.1 Å². The molecule has 20 heavy (non-hydrogen) atoms. The number of hydrogen-bond acceptors (Lipinski definition) is 2. The smallest absolute Gasteiger partial charge is 0.228 e. The third kappa shape index (κ3) is 1.79. The monoisotopic (exact) mass is 260 g/mol. The Morgan fingerprint density at radius 3 is 2.40 bits per heavy atom. The van der Waals surface area contributed by atoms with Gasteiger partial charge in [-0.15, -0.1) is 0 Å². The Labute approximate surface area is 117 Å². The summed E-state index contributed by atoms with van der Waals surface area (Å²) in [5.41, 5.74) is 3.77. The largest absolute Gasteiger partial charge is 0.280 e. The van der Waals surface area contributed by atoms with Crippen molar-refractivity contribution in [3.63, 3.8) is 0 Å². The summed E-state index contributed by atoms with van der Waals surface area (Å²) in [6.45, 7) is 1.53. The van der Waals surface area contributed by atoms with Crippen molar-refractivity contribution in [1.82, 2.24) is 0 Å². The van der Waals surface area contributed by atoms with Crippen molar-refractivity contribution in [3.8, 4) is 6.07 Å². The van der Waals surface area contributed by atoms with Crippen molar-refractivity contribution >= 4 is 28.9 Å². The van der Waals surface area contributed by atoms with Crippen LogP contribution < -0.4 is 4.90 Å². The van der Waals surface area contributed by atoms with Gasteiger partial charge in [-0.3, -0.25) is 9.69 Å². The Hall–Kier alpha value is -2.86.